The predicted octanol–water partition coefficient (Wildman–Crippen LogP) is 5.42. The number of aryl methyl sites for hydroxylation is 1. The molecule has 0 fully saturated rings. The molecule has 3 N–H and O–H groups in total. The van der Waals surface area contributed by atoms with E-state index >= 15 is 0 Å². The summed E-state index contributed by atoms with van der Waals surface area (Å²) in [6.45, 7) is 3.43. The quantitative estimate of drug-likeness (QED) is 0.422. The lowest BCUT2D eigenvalue weighted by molar-refractivity contribution is -0.164. The summed E-state index contributed by atoms with van der Waals surface area (Å²) in [5, 5.41) is 7.51. The number of amides is 3. The maximum Gasteiger partial charge on any atom is 0.404 e. The van der Waals surface area contributed by atoms with Crippen molar-refractivity contribution >= 4 is 44.3 Å². The van der Waals surface area contributed by atoms with Gasteiger partial charge in [0.15, 0.2) is 11.0 Å². The summed E-state index contributed by atoms with van der Waals surface area (Å²) in [4.78, 5) is 28.5. The summed E-state index contributed by atoms with van der Waals surface area (Å²) in [6.07, 6.45) is -4.26. The minimum atomic E-state index is -4.76. The predicted molar refractivity (Wildman–Crippen MR) is 116 cm³/mol. The Balaban J connectivity index is 1.81. The molecule has 0 aliphatic heterocycles. The fourth-order valence-corrected chi connectivity index (χ4v) is 4.08. The van der Waals surface area contributed by atoms with Gasteiger partial charge in [-0.3, -0.25) is 10.1 Å². The molecule has 170 valence electrons. The summed E-state index contributed by atoms with van der Waals surface area (Å²) in [6, 6.07) is 7.18. The van der Waals surface area contributed by atoms with Crippen molar-refractivity contribution in [2.75, 3.05) is 17.2 Å². The molecule has 3 rings (SSSR count). The van der Waals surface area contributed by atoms with E-state index in [4.69, 9.17) is 0 Å². The number of thiazole rings is 1. The van der Waals surface area contributed by atoms with E-state index in [1.165, 1.54) is 43.3 Å². The monoisotopic (exact) mass is 468 g/mol. The lowest BCUT2D eigenvalue weighted by Gasteiger charge is -2.19. The number of benzene rings is 2. The van der Waals surface area contributed by atoms with Crippen molar-refractivity contribution in [2.24, 2.45) is 0 Å². The molecule has 1 unspecified atom stereocenters. The Morgan fingerprint density at radius 1 is 1.09 bits per heavy atom. The molecule has 2 aromatic carbocycles. The van der Waals surface area contributed by atoms with Crippen LogP contribution in [-0.4, -0.2) is 29.6 Å². The van der Waals surface area contributed by atoms with E-state index in [2.05, 4.69) is 20.9 Å². The highest BCUT2D eigenvalue weighted by molar-refractivity contribution is 7.22. The number of halogens is 4. The van der Waals surface area contributed by atoms with Gasteiger partial charge in [0.05, 0.1) is 10.2 Å². The van der Waals surface area contributed by atoms with Gasteiger partial charge in [-0.2, -0.15) is 13.2 Å². The number of carbonyl (C=O) groups excluding carboxylic acids is 2. The van der Waals surface area contributed by atoms with Gasteiger partial charge in [0.2, 0.25) is 5.91 Å². The number of likely N-dealkylation sites (N-methyl/N-ethyl adjacent to an activating group) is 1. The number of carbonyl (C=O) groups is 2. The first kappa shape index (κ1) is 23.5. The number of fused-ring (bicyclic) bond motifs is 1. The Morgan fingerprint density at radius 3 is 2.50 bits per heavy atom. The average Bonchev–Trinajstić information content (AvgIpc) is 3.09. The minimum absolute atomic E-state index is 0.0746. The van der Waals surface area contributed by atoms with Gasteiger partial charge in [-0.25, -0.2) is 14.2 Å². The maximum absolute atomic E-state index is 13.5. The zero-order valence-corrected chi connectivity index (χ0v) is 18.0. The molecule has 3 amide bonds. The van der Waals surface area contributed by atoms with Gasteiger partial charge < -0.3 is 10.6 Å². The van der Waals surface area contributed by atoms with Crippen LogP contribution in [0.1, 0.15) is 30.9 Å². The van der Waals surface area contributed by atoms with Crippen molar-refractivity contribution in [1.29, 1.82) is 0 Å². The second-order valence-electron chi connectivity index (χ2n) is 6.85. The van der Waals surface area contributed by atoms with Crippen LogP contribution >= 0.6 is 11.3 Å². The smallest absolute Gasteiger partial charge is 0.356 e. The van der Waals surface area contributed by atoms with Gasteiger partial charge in [-0.05, 0) is 54.8 Å². The Hall–Kier alpha value is -3.21. The number of hydrogen-bond donors (Lipinski definition) is 3. The van der Waals surface area contributed by atoms with Crippen molar-refractivity contribution in [1.82, 2.24) is 10.3 Å². The van der Waals surface area contributed by atoms with Gasteiger partial charge in [0.25, 0.3) is 0 Å². The van der Waals surface area contributed by atoms with Crippen molar-refractivity contribution < 1.29 is 27.2 Å². The van der Waals surface area contributed by atoms with E-state index in [1.54, 1.807) is 0 Å². The van der Waals surface area contributed by atoms with Crippen LogP contribution in [0.15, 0.2) is 36.4 Å². The molecule has 0 saturated carbocycles. The van der Waals surface area contributed by atoms with E-state index in [9.17, 15) is 27.2 Å². The molecule has 0 radical (unpaired) electrons. The third-order valence-electron chi connectivity index (χ3n) is 4.60. The van der Waals surface area contributed by atoms with Crippen LogP contribution in [0.25, 0.3) is 10.2 Å². The zero-order valence-electron chi connectivity index (χ0n) is 17.1. The molecule has 0 spiro atoms. The second-order valence-corrected chi connectivity index (χ2v) is 7.88. The number of anilines is 2. The number of urea groups is 1. The molecule has 3 aromatic rings. The molecular weight excluding hydrogens is 448 g/mol. The molecule has 0 aliphatic carbocycles. The third kappa shape index (κ3) is 5.34. The van der Waals surface area contributed by atoms with E-state index in [-0.39, 0.29) is 17.2 Å². The van der Waals surface area contributed by atoms with Gasteiger partial charge >= 0.3 is 12.2 Å². The fourth-order valence-electron chi connectivity index (χ4n) is 3.17. The SMILES string of the molecule is CCNC(=O)C(c1ccc2nc(NC(=O)Nc3ccc(F)cc3CC)sc2c1)C(F)(F)F. The van der Waals surface area contributed by atoms with Gasteiger partial charge in [-0.1, -0.05) is 24.3 Å². The van der Waals surface area contributed by atoms with E-state index in [0.29, 0.717) is 27.9 Å². The Bertz CT molecular complexity index is 1150. The first-order valence-electron chi connectivity index (χ1n) is 9.73. The molecule has 6 nitrogen and oxygen atoms in total. The van der Waals surface area contributed by atoms with Crippen LogP contribution in [0.3, 0.4) is 0 Å². The standard InChI is InChI=1S/C21H20F4N4O2S/c1-3-11-9-13(22)6-8-14(11)27-19(31)29-20-28-15-7-5-12(10-16(15)32-20)17(21(23,24)25)18(30)26-4-2/h5-10,17H,3-4H2,1-2H3,(H,26,30)(H2,27,28,29,31). The molecule has 1 atom stereocenters. The lowest BCUT2D eigenvalue weighted by Crippen LogP contribution is -2.37. The molecule has 1 heterocycles. The first-order chi connectivity index (χ1) is 15.1. The summed E-state index contributed by atoms with van der Waals surface area (Å²) in [5.41, 5.74) is 1.21. The number of nitrogens with zero attached hydrogens (tertiary/aromatic N) is 1. The van der Waals surface area contributed by atoms with Crippen LogP contribution in [0.5, 0.6) is 0 Å². The molecule has 32 heavy (non-hydrogen) atoms. The minimum Gasteiger partial charge on any atom is -0.356 e. The highest BCUT2D eigenvalue weighted by Gasteiger charge is 2.45. The van der Waals surface area contributed by atoms with Crippen LogP contribution in [0, 0.1) is 5.82 Å². The van der Waals surface area contributed by atoms with Gasteiger partial charge in [0.1, 0.15) is 5.82 Å². The van der Waals surface area contributed by atoms with Crippen molar-refractivity contribution in [3.63, 3.8) is 0 Å². The van der Waals surface area contributed by atoms with Crippen LogP contribution < -0.4 is 16.0 Å². The summed E-state index contributed by atoms with van der Waals surface area (Å²) < 4.78 is 54.2. The number of alkyl halides is 3. The second kappa shape index (κ2) is 9.51. The number of hydrogen-bond acceptors (Lipinski definition) is 4. The maximum atomic E-state index is 13.5. The number of aromatic nitrogens is 1. The highest BCUT2D eigenvalue weighted by atomic mass is 32.1. The van der Waals surface area contributed by atoms with Crippen molar-refractivity contribution in [3.05, 3.63) is 53.3 Å². The molecule has 0 saturated heterocycles. The molecule has 0 bridgehead atoms. The number of rotatable bonds is 6. The normalized spacial score (nSPS) is 12.4. The molecule has 0 aliphatic rings. The molecular formula is C21H20F4N4O2S. The van der Waals surface area contributed by atoms with Crippen molar-refractivity contribution in [3.8, 4) is 0 Å². The fraction of sp³-hybridized carbons (Fsp3) is 0.286. The Morgan fingerprint density at radius 2 is 1.84 bits per heavy atom. The summed E-state index contributed by atoms with van der Waals surface area (Å²) in [5.74, 6) is -3.85. The largest absolute Gasteiger partial charge is 0.404 e. The highest BCUT2D eigenvalue weighted by Crippen LogP contribution is 2.37. The first-order valence-corrected chi connectivity index (χ1v) is 10.5. The Labute approximate surface area is 185 Å². The topological polar surface area (TPSA) is 83.1 Å². The van der Waals surface area contributed by atoms with Crippen LogP contribution in [0.2, 0.25) is 0 Å². The van der Waals surface area contributed by atoms with Crippen molar-refractivity contribution in [2.45, 2.75) is 32.4 Å². The van der Waals surface area contributed by atoms with Gasteiger partial charge in [-0.15, -0.1) is 0 Å². The Kier molecular flexibility index (Phi) is 6.97. The summed E-state index contributed by atoms with van der Waals surface area (Å²) >= 11 is 0.974. The van der Waals surface area contributed by atoms with E-state index in [1.807, 2.05) is 6.92 Å². The zero-order chi connectivity index (χ0) is 23.5. The third-order valence-corrected chi connectivity index (χ3v) is 5.54. The van der Waals surface area contributed by atoms with E-state index in [0.717, 1.165) is 11.3 Å². The number of nitrogens with one attached hydrogen (secondary N) is 3. The molecule has 11 heteroatoms. The average molecular weight is 468 g/mol. The van der Waals surface area contributed by atoms with Crippen LogP contribution in [-0.2, 0) is 11.2 Å². The molecule has 1 aromatic heterocycles. The van der Waals surface area contributed by atoms with E-state index < -0.39 is 29.8 Å². The lowest BCUT2D eigenvalue weighted by atomic mass is 9.97. The van der Waals surface area contributed by atoms with Crippen LogP contribution in [0.4, 0.5) is 33.2 Å². The summed E-state index contributed by atoms with van der Waals surface area (Å²) in [7, 11) is 0. The van der Waals surface area contributed by atoms with Gasteiger partial charge in [0, 0.05) is 12.2 Å².